The average molecular weight is 500 g/mol. The molecule has 1 unspecified atom stereocenters. The Bertz CT molecular complexity index is 1330. The third-order valence-electron chi connectivity index (χ3n) is 7.98. The fourth-order valence-corrected chi connectivity index (χ4v) is 6.77. The van der Waals surface area contributed by atoms with Gasteiger partial charge in [0.2, 0.25) is 0 Å². The number of thiophene rings is 1. The monoisotopic (exact) mass is 499 g/mol. The van der Waals surface area contributed by atoms with E-state index in [1.54, 1.807) is 29.7 Å². The molecule has 2 fully saturated rings. The van der Waals surface area contributed by atoms with Crippen molar-refractivity contribution in [3.8, 4) is 0 Å². The maximum absolute atomic E-state index is 13.7. The molecule has 0 spiro atoms. The molecule has 2 atom stereocenters. The van der Waals surface area contributed by atoms with Crippen molar-refractivity contribution in [2.24, 2.45) is 5.92 Å². The predicted molar refractivity (Wildman–Crippen MR) is 143 cm³/mol. The molecule has 2 aromatic carbocycles. The summed E-state index contributed by atoms with van der Waals surface area (Å²) in [5.74, 6) is 1.15. The van der Waals surface area contributed by atoms with E-state index in [4.69, 9.17) is 0 Å². The number of likely N-dealkylation sites (tertiary alicyclic amines) is 2. The molecule has 4 aromatic rings. The Labute approximate surface area is 215 Å². The number of amides is 1. The number of piperidine rings is 1. The summed E-state index contributed by atoms with van der Waals surface area (Å²) in [5, 5.41) is 5.38. The third kappa shape index (κ3) is 4.67. The first-order valence-electron chi connectivity index (χ1n) is 12.8. The summed E-state index contributed by atoms with van der Waals surface area (Å²) in [6.45, 7) is 4.58. The number of para-hydroxylation sites is 1. The number of benzene rings is 2. The molecule has 2 saturated heterocycles. The molecule has 2 aliphatic heterocycles. The standard InChI is InChI=1S/C30H30FN3OS/c31-26-8-6-21(7-9-26)22-10-14-33(15-11-22)17-25-18-34(19-28(25)24-12-16-36-20-24)30(35)27-5-1-3-23-4-2-13-32-29(23)27/h1-9,12-13,16,20,22,25,28H,10-11,14-15,17-19H2/t25?,28-/m0/s1. The lowest BCUT2D eigenvalue weighted by Gasteiger charge is -2.34. The number of aromatic nitrogens is 1. The highest BCUT2D eigenvalue weighted by Crippen LogP contribution is 2.37. The highest BCUT2D eigenvalue weighted by molar-refractivity contribution is 7.08. The van der Waals surface area contributed by atoms with Crippen molar-refractivity contribution in [1.29, 1.82) is 0 Å². The van der Waals surface area contributed by atoms with Crippen molar-refractivity contribution in [2.45, 2.75) is 24.7 Å². The maximum atomic E-state index is 13.7. The van der Waals surface area contributed by atoms with Gasteiger partial charge in [0.15, 0.2) is 0 Å². The van der Waals surface area contributed by atoms with Gasteiger partial charge in [0.25, 0.3) is 5.91 Å². The van der Waals surface area contributed by atoms with Crippen LogP contribution in [0.5, 0.6) is 0 Å². The van der Waals surface area contributed by atoms with E-state index in [1.165, 1.54) is 11.1 Å². The fourth-order valence-electron chi connectivity index (χ4n) is 6.05. The van der Waals surface area contributed by atoms with Crippen LogP contribution in [0.15, 0.2) is 77.6 Å². The van der Waals surface area contributed by atoms with Crippen molar-refractivity contribution < 1.29 is 9.18 Å². The van der Waals surface area contributed by atoms with E-state index >= 15 is 0 Å². The summed E-state index contributed by atoms with van der Waals surface area (Å²) in [5.41, 5.74) is 4.06. The number of hydrogen-bond donors (Lipinski definition) is 0. The first-order valence-corrected chi connectivity index (χ1v) is 13.7. The summed E-state index contributed by atoms with van der Waals surface area (Å²) < 4.78 is 13.3. The number of carbonyl (C=O) groups excluding carboxylic acids is 1. The van der Waals surface area contributed by atoms with Gasteiger partial charge in [0.1, 0.15) is 5.82 Å². The normalized spacial score (nSPS) is 21.3. The molecular weight excluding hydrogens is 469 g/mol. The summed E-state index contributed by atoms with van der Waals surface area (Å²) in [7, 11) is 0. The zero-order chi connectivity index (χ0) is 24.5. The summed E-state index contributed by atoms with van der Waals surface area (Å²) in [6, 6.07) is 19.0. The third-order valence-corrected chi connectivity index (χ3v) is 8.69. The van der Waals surface area contributed by atoms with Crippen LogP contribution in [0.25, 0.3) is 10.9 Å². The van der Waals surface area contributed by atoms with Crippen LogP contribution in [0.3, 0.4) is 0 Å². The first-order chi connectivity index (χ1) is 17.7. The average Bonchev–Trinajstić information content (AvgIpc) is 3.59. The molecule has 184 valence electrons. The lowest BCUT2D eigenvalue weighted by atomic mass is 9.87. The molecule has 0 radical (unpaired) electrons. The number of nitrogens with zero attached hydrogens (tertiary/aromatic N) is 3. The van der Waals surface area contributed by atoms with Crippen LogP contribution >= 0.6 is 11.3 Å². The molecule has 1 amide bonds. The minimum atomic E-state index is -0.171. The second kappa shape index (κ2) is 10.1. The number of hydrogen-bond acceptors (Lipinski definition) is 4. The van der Waals surface area contributed by atoms with E-state index in [0.717, 1.165) is 56.5 Å². The summed E-state index contributed by atoms with van der Waals surface area (Å²) in [6.07, 6.45) is 3.94. The summed E-state index contributed by atoms with van der Waals surface area (Å²) >= 11 is 1.73. The lowest BCUT2D eigenvalue weighted by Crippen LogP contribution is -2.38. The second-order valence-electron chi connectivity index (χ2n) is 10.1. The van der Waals surface area contributed by atoms with Crippen LogP contribution in [0.2, 0.25) is 0 Å². The minimum absolute atomic E-state index is 0.0806. The van der Waals surface area contributed by atoms with Crippen LogP contribution in [0.1, 0.15) is 46.2 Å². The number of halogens is 1. The first kappa shape index (κ1) is 23.3. The van der Waals surface area contributed by atoms with Gasteiger partial charge in [-0.05, 0) is 90.0 Å². The molecule has 2 aliphatic rings. The molecule has 0 saturated carbocycles. The van der Waals surface area contributed by atoms with Crippen LogP contribution in [-0.4, -0.2) is 53.4 Å². The largest absolute Gasteiger partial charge is 0.338 e. The van der Waals surface area contributed by atoms with Gasteiger partial charge in [0, 0.05) is 37.1 Å². The van der Waals surface area contributed by atoms with Gasteiger partial charge in [-0.2, -0.15) is 11.3 Å². The highest BCUT2D eigenvalue weighted by Gasteiger charge is 2.38. The number of fused-ring (bicyclic) bond motifs is 1. The zero-order valence-corrected chi connectivity index (χ0v) is 21.0. The molecule has 0 bridgehead atoms. The smallest absolute Gasteiger partial charge is 0.256 e. The van der Waals surface area contributed by atoms with E-state index in [9.17, 15) is 9.18 Å². The second-order valence-corrected chi connectivity index (χ2v) is 10.9. The summed E-state index contributed by atoms with van der Waals surface area (Å²) in [4.78, 5) is 22.8. The fraction of sp³-hybridized carbons (Fsp3) is 0.333. The van der Waals surface area contributed by atoms with E-state index in [-0.39, 0.29) is 11.7 Å². The molecule has 6 rings (SSSR count). The van der Waals surface area contributed by atoms with Crippen LogP contribution < -0.4 is 0 Å². The van der Waals surface area contributed by atoms with Crippen molar-refractivity contribution in [3.63, 3.8) is 0 Å². The van der Waals surface area contributed by atoms with Gasteiger partial charge in [-0.25, -0.2) is 4.39 Å². The van der Waals surface area contributed by atoms with Gasteiger partial charge in [-0.3, -0.25) is 9.78 Å². The Morgan fingerprint density at radius 3 is 2.56 bits per heavy atom. The molecule has 36 heavy (non-hydrogen) atoms. The molecule has 6 heteroatoms. The molecule has 0 N–H and O–H groups in total. The van der Waals surface area contributed by atoms with Crippen LogP contribution in [0.4, 0.5) is 4.39 Å². The molecular formula is C30H30FN3OS. The van der Waals surface area contributed by atoms with Gasteiger partial charge >= 0.3 is 0 Å². The van der Waals surface area contributed by atoms with E-state index in [0.29, 0.717) is 23.3 Å². The van der Waals surface area contributed by atoms with Crippen molar-refractivity contribution >= 4 is 28.1 Å². The van der Waals surface area contributed by atoms with Gasteiger partial charge < -0.3 is 9.80 Å². The Hall–Kier alpha value is -3.09. The SMILES string of the molecule is O=C(c1cccc2cccnc12)N1CC(CN2CCC(c3ccc(F)cc3)CC2)[C@H](c2ccsc2)C1. The van der Waals surface area contributed by atoms with Gasteiger partial charge in [-0.1, -0.05) is 30.3 Å². The maximum Gasteiger partial charge on any atom is 0.256 e. The molecule has 2 aromatic heterocycles. The van der Waals surface area contributed by atoms with E-state index < -0.39 is 0 Å². The number of pyridine rings is 1. The van der Waals surface area contributed by atoms with Crippen molar-refractivity contribution in [2.75, 3.05) is 32.7 Å². The Morgan fingerprint density at radius 2 is 1.78 bits per heavy atom. The topological polar surface area (TPSA) is 36.4 Å². The molecule has 4 heterocycles. The molecule has 0 aliphatic carbocycles. The van der Waals surface area contributed by atoms with Crippen molar-refractivity contribution in [1.82, 2.24) is 14.8 Å². The minimum Gasteiger partial charge on any atom is -0.338 e. The Balaban J connectivity index is 1.17. The quantitative estimate of drug-likeness (QED) is 0.329. The van der Waals surface area contributed by atoms with Crippen molar-refractivity contribution in [3.05, 3.63) is 100 Å². The van der Waals surface area contributed by atoms with Gasteiger partial charge in [0.05, 0.1) is 11.1 Å². The number of carbonyl (C=O) groups is 1. The zero-order valence-electron chi connectivity index (χ0n) is 20.2. The Morgan fingerprint density at radius 1 is 0.972 bits per heavy atom. The highest BCUT2D eigenvalue weighted by atomic mass is 32.1. The van der Waals surface area contributed by atoms with Gasteiger partial charge in [-0.15, -0.1) is 0 Å². The Kier molecular flexibility index (Phi) is 6.55. The van der Waals surface area contributed by atoms with Crippen LogP contribution in [0, 0.1) is 11.7 Å². The predicted octanol–water partition coefficient (Wildman–Crippen LogP) is 6.17. The number of rotatable bonds is 5. The lowest BCUT2D eigenvalue weighted by molar-refractivity contribution is 0.0783. The van der Waals surface area contributed by atoms with E-state index in [1.807, 2.05) is 47.4 Å². The molecule has 4 nitrogen and oxygen atoms in total. The van der Waals surface area contributed by atoms with Crippen LogP contribution in [-0.2, 0) is 0 Å². The van der Waals surface area contributed by atoms with E-state index in [2.05, 4.69) is 26.7 Å².